The van der Waals surface area contributed by atoms with E-state index >= 15 is 0 Å². The predicted octanol–water partition coefficient (Wildman–Crippen LogP) is 5.01. The highest BCUT2D eigenvalue weighted by Crippen LogP contribution is 2.44. The second-order valence-corrected chi connectivity index (χ2v) is 7.85. The van der Waals surface area contributed by atoms with Crippen molar-refractivity contribution in [2.24, 2.45) is 5.92 Å². The predicted molar refractivity (Wildman–Crippen MR) is 112 cm³/mol. The smallest absolute Gasteiger partial charge is 0.0943 e. The molecule has 4 heteroatoms. The second-order valence-electron chi connectivity index (χ2n) is 7.45. The average Bonchev–Trinajstić information content (AvgIpc) is 2.72. The molecule has 1 heterocycles. The van der Waals surface area contributed by atoms with Gasteiger partial charge in [-0.3, -0.25) is 0 Å². The first-order valence-corrected chi connectivity index (χ1v) is 10.3. The van der Waals surface area contributed by atoms with Crippen molar-refractivity contribution in [2.45, 2.75) is 37.7 Å². The van der Waals surface area contributed by atoms with Crippen LogP contribution in [-0.2, 0) is 10.3 Å². The highest BCUT2D eigenvalue weighted by molar-refractivity contribution is 6.33. The van der Waals surface area contributed by atoms with Gasteiger partial charge < -0.3 is 15.2 Å². The van der Waals surface area contributed by atoms with Crippen LogP contribution in [0.2, 0.25) is 5.02 Å². The Hall–Kier alpha value is -1.39. The Morgan fingerprint density at radius 3 is 2.67 bits per heavy atom. The fourth-order valence-corrected chi connectivity index (χ4v) is 4.53. The van der Waals surface area contributed by atoms with Crippen molar-refractivity contribution in [3.05, 3.63) is 59.1 Å². The molecule has 3 nitrogen and oxygen atoms in total. The van der Waals surface area contributed by atoms with Crippen molar-refractivity contribution in [3.8, 4) is 11.1 Å². The van der Waals surface area contributed by atoms with Gasteiger partial charge in [-0.05, 0) is 55.8 Å². The van der Waals surface area contributed by atoms with Crippen molar-refractivity contribution < 1.29 is 9.84 Å². The van der Waals surface area contributed by atoms with E-state index in [0.717, 1.165) is 62.1 Å². The van der Waals surface area contributed by atoms with Crippen LogP contribution in [-0.4, -0.2) is 31.9 Å². The number of piperidine rings is 1. The zero-order valence-electron chi connectivity index (χ0n) is 16.1. The summed E-state index contributed by atoms with van der Waals surface area (Å²) in [4.78, 5) is 0. The summed E-state index contributed by atoms with van der Waals surface area (Å²) in [5, 5.41) is 16.2. The first kappa shape index (κ1) is 20.3. The summed E-state index contributed by atoms with van der Waals surface area (Å²) < 4.78 is 5.20. The fourth-order valence-electron chi connectivity index (χ4n) is 4.24. The first-order chi connectivity index (χ1) is 13.2. The first-order valence-electron chi connectivity index (χ1n) is 9.93. The van der Waals surface area contributed by atoms with Gasteiger partial charge in [0.05, 0.1) is 5.60 Å². The Labute approximate surface area is 167 Å². The number of ether oxygens (including phenoxy) is 1. The number of methoxy groups -OCH3 is 1. The standard InChI is InChI=1S/C23H30ClNO2/c1-27-16-6-5-14-23(26,19-11-8-15-25-17-19)20-12-7-13-21(24)22(20)18-9-3-2-4-10-18/h2-4,7,9-10,12-13,19,25-26H,5-6,8,11,14-17H2,1H3/t19-,23+/m1/s1. The molecule has 27 heavy (non-hydrogen) atoms. The van der Waals surface area contributed by atoms with E-state index in [1.165, 1.54) is 0 Å². The molecule has 0 bridgehead atoms. The lowest BCUT2D eigenvalue weighted by atomic mass is 9.72. The summed E-state index contributed by atoms with van der Waals surface area (Å²) >= 11 is 6.65. The number of benzene rings is 2. The minimum absolute atomic E-state index is 0.176. The maximum absolute atomic E-state index is 12.0. The molecule has 0 spiro atoms. The van der Waals surface area contributed by atoms with Gasteiger partial charge in [-0.15, -0.1) is 0 Å². The van der Waals surface area contributed by atoms with Gasteiger partial charge >= 0.3 is 0 Å². The van der Waals surface area contributed by atoms with E-state index in [9.17, 15) is 5.11 Å². The molecule has 1 fully saturated rings. The molecule has 2 atom stereocenters. The van der Waals surface area contributed by atoms with Gasteiger partial charge in [0, 0.05) is 36.8 Å². The number of hydrogen-bond donors (Lipinski definition) is 2. The van der Waals surface area contributed by atoms with Crippen LogP contribution in [0.15, 0.2) is 48.5 Å². The zero-order chi connectivity index (χ0) is 19.1. The quantitative estimate of drug-likeness (QED) is 0.625. The van der Waals surface area contributed by atoms with E-state index < -0.39 is 5.60 Å². The molecule has 0 saturated carbocycles. The molecule has 0 aliphatic carbocycles. The highest BCUT2D eigenvalue weighted by Gasteiger charge is 2.40. The lowest BCUT2D eigenvalue weighted by molar-refractivity contribution is -0.0429. The van der Waals surface area contributed by atoms with Gasteiger partial charge in [-0.2, -0.15) is 0 Å². The van der Waals surface area contributed by atoms with E-state index in [-0.39, 0.29) is 5.92 Å². The molecule has 1 aliphatic rings. The maximum atomic E-state index is 12.0. The van der Waals surface area contributed by atoms with Crippen LogP contribution in [0.4, 0.5) is 0 Å². The van der Waals surface area contributed by atoms with Gasteiger partial charge in [-0.25, -0.2) is 0 Å². The molecule has 0 radical (unpaired) electrons. The van der Waals surface area contributed by atoms with Crippen molar-refractivity contribution in [1.82, 2.24) is 5.32 Å². The molecule has 2 aromatic carbocycles. The van der Waals surface area contributed by atoms with Crippen LogP contribution >= 0.6 is 11.6 Å². The van der Waals surface area contributed by atoms with Crippen molar-refractivity contribution >= 4 is 11.6 Å². The maximum Gasteiger partial charge on any atom is 0.0943 e. The summed E-state index contributed by atoms with van der Waals surface area (Å²) in [5.74, 6) is 0.176. The fraction of sp³-hybridized carbons (Fsp3) is 0.478. The van der Waals surface area contributed by atoms with Crippen LogP contribution in [0.1, 0.15) is 37.7 Å². The highest BCUT2D eigenvalue weighted by atomic mass is 35.5. The molecular weight excluding hydrogens is 358 g/mol. The second kappa shape index (κ2) is 9.70. The molecule has 146 valence electrons. The van der Waals surface area contributed by atoms with E-state index in [4.69, 9.17) is 16.3 Å². The SMILES string of the molecule is COCCCC[C@@](O)(c1cccc(Cl)c1-c1ccccc1)[C@@H]1CCCNC1. The third kappa shape index (κ3) is 4.72. The Morgan fingerprint density at radius 1 is 1.15 bits per heavy atom. The monoisotopic (exact) mass is 387 g/mol. The topological polar surface area (TPSA) is 41.5 Å². The van der Waals surface area contributed by atoms with Crippen LogP contribution in [0.25, 0.3) is 11.1 Å². The lowest BCUT2D eigenvalue weighted by Gasteiger charge is -2.40. The van der Waals surface area contributed by atoms with Crippen molar-refractivity contribution in [3.63, 3.8) is 0 Å². The van der Waals surface area contributed by atoms with Crippen LogP contribution < -0.4 is 5.32 Å². The van der Waals surface area contributed by atoms with E-state index in [1.807, 2.05) is 30.3 Å². The van der Waals surface area contributed by atoms with Crippen molar-refractivity contribution in [2.75, 3.05) is 26.8 Å². The zero-order valence-corrected chi connectivity index (χ0v) is 16.8. The van der Waals surface area contributed by atoms with Gasteiger partial charge in [-0.1, -0.05) is 54.1 Å². The molecule has 3 rings (SSSR count). The molecule has 0 amide bonds. The third-order valence-electron chi connectivity index (χ3n) is 5.67. The van der Waals surface area contributed by atoms with Crippen LogP contribution in [0.3, 0.4) is 0 Å². The minimum atomic E-state index is -0.906. The van der Waals surface area contributed by atoms with Gasteiger partial charge in [0.25, 0.3) is 0 Å². The Morgan fingerprint density at radius 2 is 1.96 bits per heavy atom. The number of rotatable bonds is 8. The Bertz CT molecular complexity index is 716. The number of unbranched alkanes of at least 4 members (excludes halogenated alkanes) is 1. The summed E-state index contributed by atoms with van der Waals surface area (Å²) in [5.41, 5.74) is 2.06. The average molecular weight is 388 g/mol. The molecule has 2 N–H and O–H groups in total. The molecule has 1 saturated heterocycles. The summed E-state index contributed by atoms with van der Waals surface area (Å²) in [6, 6.07) is 16.1. The van der Waals surface area contributed by atoms with Gasteiger partial charge in [0.1, 0.15) is 0 Å². The molecule has 2 aromatic rings. The molecule has 0 unspecified atom stereocenters. The van der Waals surface area contributed by atoms with E-state index in [1.54, 1.807) is 7.11 Å². The molecule has 1 aliphatic heterocycles. The van der Waals surface area contributed by atoms with E-state index in [2.05, 4.69) is 23.5 Å². The number of aliphatic hydroxyl groups is 1. The van der Waals surface area contributed by atoms with Crippen molar-refractivity contribution in [1.29, 1.82) is 0 Å². The number of nitrogens with one attached hydrogen (secondary N) is 1. The lowest BCUT2D eigenvalue weighted by Crippen LogP contribution is -2.44. The largest absolute Gasteiger partial charge is 0.385 e. The minimum Gasteiger partial charge on any atom is -0.385 e. The molecular formula is C23H30ClNO2. The summed E-state index contributed by atoms with van der Waals surface area (Å²) in [7, 11) is 1.72. The van der Waals surface area contributed by atoms with Gasteiger partial charge in [0.2, 0.25) is 0 Å². The van der Waals surface area contributed by atoms with Crippen LogP contribution in [0, 0.1) is 5.92 Å². The molecule has 0 aromatic heterocycles. The van der Waals surface area contributed by atoms with E-state index in [0.29, 0.717) is 11.4 Å². The van der Waals surface area contributed by atoms with Crippen LogP contribution in [0.5, 0.6) is 0 Å². The normalized spacial score (nSPS) is 19.6. The number of hydrogen-bond acceptors (Lipinski definition) is 3. The van der Waals surface area contributed by atoms with Gasteiger partial charge in [0.15, 0.2) is 0 Å². The Kier molecular flexibility index (Phi) is 7.31. The summed E-state index contributed by atoms with van der Waals surface area (Å²) in [6.45, 7) is 2.58. The Balaban J connectivity index is 2.02. The third-order valence-corrected chi connectivity index (χ3v) is 5.99. The number of halogens is 1. The summed E-state index contributed by atoms with van der Waals surface area (Å²) in [6.07, 6.45) is 4.69.